The average molecular weight is 381 g/mol. The molecular weight excluding hydrogens is 362 g/mol. The molecule has 0 atom stereocenters. The number of nitrogens with one attached hydrogen (secondary N) is 2. The third-order valence-electron chi connectivity index (χ3n) is 4.49. The largest absolute Gasteiger partial charge is 0.324 e. The first-order valence-corrected chi connectivity index (χ1v) is 9.40. The molecule has 1 fully saturated rings. The molecule has 0 unspecified atom stereocenters. The minimum Gasteiger partial charge on any atom is -0.324 e. The first-order valence-electron chi connectivity index (χ1n) is 9.40. The van der Waals surface area contributed by atoms with Gasteiger partial charge in [-0.3, -0.25) is 4.79 Å². The molecule has 0 saturated heterocycles. The van der Waals surface area contributed by atoms with Crippen molar-refractivity contribution in [2.45, 2.75) is 12.8 Å². The van der Waals surface area contributed by atoms with Crippen LogP contribution < -0.4 is 10.6 Å². The number of aromatic nitrogens is 2. The number of hydrogen-bond donors (Lipinski definition) is 2. The van der Waals surface area contributed by atoms with E-state index in [1.54, 1.807) is 24.4 Å². The SMILES string of the molecule is N#C/C(=C/C1CC1)C(=O)Nc1cccc(Nc2nccc(-c3ccccc3)n2)c1. The van der Waals surface area contributed by atoms with Crippen molar-refractivity contribution in [2.75, 3.05) is 10.6 Å². The summed E-state index contributed by atoms with van der Waals surface area (Å²) in [5.74, 6) is 0.428. The molecule has 4 rings (SSSR count). The number of anilines is 3. The molecule has 1 amide bonds. The molecule has 2 aromatic carbocycles. The summed E-state index contributed by atoms with van der Waals surface area (Å²) in [5, 5.41) is 15.2. The molecule has 1 aliphatic carbocycles. The summed E-state index contributed by atoms with van der Waals surface area (Å²) in [6.07, 6.45) is 5.53. The molecule has 0 bridgehead atoms. The van der Waals surface area contributed by atoms with Crippen LogP contribution in [0.2, 0.25) is 0 Å². The van der Waals surface area contributed by atoms with E-state index in [1.165, 1.54) is 0 Å². The number of rotatable bonds is 6. The molecular formula is C23H19N5O. The monoisotopic (exact) mass is 381 g/mol. The zero-order chi connectivity index (χ0) is 20.1. The summed E-state index contributed by atoms with van der Waals surface area (Å²) in [4.78, 5) is 21.1. The number of nitriles is 1. The molecule has 6 nitrogen and oxygen atoms in total. The van der Waals surface area contributed by atoms with Gasteiger partial charge in [0.05, 0.1) is 5.69 Å². The molecule has 0 spiro atoms. The molecule has 1 aromatic heterocycles. The zero-order valence-corrected chi connectivity index (χ0v) is 15.7. The normalized spacial score (nSPS) is 13.4. The Bertz CT molecular complexity index is 1100. The lowest BCUT2D eigenvalue weighted by Gasteiger charge is -2.09. The highest BCUT2D eigenvalue weighted by Gasteiger charge is 2.21. The van der Waals surface area contributed by atoms with Crippen LogP contribution in [-0.2, 0) is 4.79 Å². The molecule has 0 radical (unpaired) electrons. The molecule has 3 aromatic rings. The third kappa shape index (κ3) is 4.85. The number of nitrogens with zero attached hydrogens (tertiary/aromatic N) is 3. The predicted octanol–water partition coefficient (Wildman–Crippen LogP) is 4.69. The van der Waals surface area contributed by atoms with Gasteiger partial charge in [0.15, 0.2) is 0 Å². The Morgan fingerprint density at radius 2 is 1.86 bits per heavy atom. The van der Waals surface area contributed by atoms with Gasteiger partial charge in [0.25, 0.3) is 5.91 Å². The van der Waals surface area contributed by atoms with E-state index in [1.807, 2.05) is 54.6 Å². The average Bonchev–Trinajstić information content (AvgIpc) is 3.57. The number of carbonyl (C=O) groups excluding carboxylic acids is 1. The van der Waals surface area contributed by atoms with Crippen LogP contribution in [0.4, 0.5) is 17.3 Å². The number of amides is 1. The minimum absolute atomic E-state index is 0.157. The highest BCUT2D eigenvalue weighted by atomic mass is 16.1. The summed E-state index contributed by atoms with van der Waals surface area (Å²) in [6.45, 7) is 0. The standard InChI is InChI=1S/C23H19N5O/c24-15-18(13-16-9-10-16)22(29)26-19-7-4-8-20(14-19)27-23-25-12-11-21(28-23)17-5-2-1-3-6-17/h1-8,11-14,16H,9-10H2,(H,26,29)(H,25,27,28)/b18-13-. The van der Waals surface area contributed by atoms with Gasteiger partial charge in [0.2, 0.25) is 5.95 Å². The lowest BCUT2D eigenvalue weighted by Crippen LogP contribution is -2.13. The van der Waals surface area contributed by atoms with E-state index in [0.29, 0.717) is 17.6 Å². The van der Waals surface area contributed by atoms with E-state index in [9.17, 15) is 10.1 Å². The van der Waals surface area contributed by atoms with Crippen LogP contribution in [-0.4, -0.2) is 15.9 Å². The van der Waals surface area contributed by atoms with Gasteiger partial charge in [-0.05, 0) is 43.0 Å². The second-order valence-corrected chi connectivity index (χ2v) is 6.82. The fraction of sp³-hybridized carbons (Fsp3) is 0.130. The van der Waals surface area contributed by atoms with Crippen LogP contribution in [0, 0.1) is 17.2 Å². The van der Waals surface area contributed by atoms with Gasteiger partial charge in [-0.15, -0.1) is 0 Å². The molecule has 1 saturated carbocycles. The lowest BCUT2D eigenvalue weighted by molar-refractivity contribution is -0.112. The van der Waals surface area contributed by atoms with Crippen LogP contribution in [0.5, 0.6) is 0 Å². The quantitative estimate of drug-likeness (QED) is 0.478. The first kappa shape index (κ1) is 18.4. The maximum atomic E-state index is 12.3. The van der Waals surface area contributed by atoms with Crippen molar-refractivity contribution in [3.63, 3.8) is 0 Å². The summed E-state index contributed by atoms with van der Waals surface area (Å²) < 4.78 is 0. The van der Waals surface area contributed by atoms with Crippen LogP contribution in [0.3, 0.4) is 0 Å². The molecule has 0 aliphatic heterocycles. The predicted molar refractivity (Wildman–Crippen MR) is 112 cm³/mol. The van der Waals surface area contributed by atoms with Crippen molar-refractivity contribution in [3.05, 3.63) is 78.5 Å². The van der Waals surface area contributed by atoms with Crippen molar-refractivity contribution < 1.29 is 4.79 Å². The highest BCUT2D eigenvalue weighted by molar-refractivity contribution is 6.06. The van der Waals surface area contributed by atoms with E-state index in [2.05, 4.69) is 20.6 Å². The van der Waals surface area contributed by atoms with Crippen molar-refractivity contribution in [3.8, 4) is 17.3 Å². The zero-order valence-electron chi connectivity index (χ0n) is 15.7. The number of benzene rings is 2. The van der Waals surface area contributed by atoms with Crippen LogP contribution in [0.25, 0.3) is 11.3 Å². The van der Waals surface area contributed by atoms with Gasteiger partial charge in [-0.2, -0.15) is 5.26 Å². The Morgan fingerprint density at radius 3 is 2.62 bits per heavy atom. The van der Waals surface area contributed by atoms with Crippen LogP contribution in [0.15, 0.2) is 78.5 Å². The maximum absolute atomic E-state index is 12.3. The van der Waals surface area contributed by atoms with E-state index in [-0.39, 0.29) is 11.5 Å². The Hall–Kier alpha value is -3.98. The second-order valence-electron chi connectivity index (χ2n) is 6.82. The lowest BCUT2D eigenvalue weighted by atomic mass is 10.1. The van der Waals surface area contributed by atoms with E-state index in [4.69, 9.17) is 0 Å². The Labute approximate surface area is 168 Å². The van der Waals surface area contributed by atoms with Crippen LogP contribution >= 0.6 is 0 Å². The van der Waals surface area contributed by atoms with Crippen molar-refractivity contribution >= 4 is 23.2 Å². The van der Waals surface area contributed by atoms with Gasteiger partial charge in [-0.1, -0.05) is 42.5 Å². The van der Waals surface area contributed by atoms with Gasteiger partial charge in [0.1, 0.15) is 11.6 Å². The molecule has 29 heavy (non-hydrogen) atoms. The van der Waals surface area contributed by atoms with E-state index >= 15 is 0 Å². The smallest absolute Gasteiger partial charge is 0.265 e. The van der Waals surface area contributed by atoms with Crippen LogP contribution in [0.1, 0.15) is 12.8 Å². The molecule has 1 aliphatic rings. The molecule has 6 heteroatoms. The number of allylic oxidation sites excluding steroid dienone is 1. The van der Waals surface area contributed by atoms with Crippen molar-refractivity contribution in [2.24, 2.45) is 5.92 Å². The summed E-state index contributed by atoms with van der Waals surface area (Å²) >= 11 is 0. The fourth-order valence-electron chi connectivity index (χ4n) is 2.85. The second kappa shape index (κ2) is 8.36. The van der Waals surface area contributed by atoms with Gasteiger partial charge < -0.3 is 10.6 Å². The molecule has 1 heterocycles. The molecule has 142 valence electrons. The summed E-state index contributed by atoms with van der Waals surface area (Å²) in [7, 11) is 0. The number of carbonyl (C=O) groups is 1. The Morgan fingerprint density at radius 1 is 1.07 bits per heavy atom. The topological polar surface area (TPSA) is 90.7 Å². The van der Waals surface area contributed by atoms with Gasteiger partial charge >= 0.3 is 0 Å². The summed E-state index contributed by atoms with van der Waals surface area (Å²) in [6, 6.07) is 20.9. The molecule has 2 N–H and O–H groups in total. The van der Waals surface area contributed by atoms with Gasteiger partial charge in [-0.25, -0.2) is 9.97 Å². The van der Waals surface area contributed by atoms with Crippen molar-refractivity contribution in [1.29, 1.82) is 5.26 Å². The summed E-state index contributed by atoms with van der Waals surface area (Å²) in [5.41, 5.74) is 3.31. The Kier molecular flexibility index (Phi) is 5.30. The Balaban J connectivity index is 1.48. The fourth-order valence-corrected chi connectivity index (χ4v) is 2.85. The highest BCUT2D eigenvalue weighted by Crippen LogP contribution is 2.31. The van der Waals surface area contributed by atoms with Crippen molar-refractivity contribution in [1.82, 2.24) is 9.97 Å². The van der Waals surface area contributed by atoms with E-state index in [0.717, 1.165) is 29.8 Å². The first-order chi connectivity index (χ1) is 14.2. The number of hydrogen-bond acceptors (Lipinski definition) is 5. The van der Waals surface area contributed by atoms with E-state index < -0.39 is 0 Å². The third-order valence-corrected chi connectivity index (χ3v) is 4.49. The maximum Gasteiger partial charge on any atom is 0.265 e. The minimum atomic E-state index is -0.390. The van der Waals surface area contributed by atoms with Gasteiger partial charge in [0, 0.05) is 23.1 Å².